The van der Waals surface area contributed by atoms with E-state index in [1.165, 1.54) is 0 Å². The van der Waals surface area contributed by atoms with Crippen LogP contribution in [0.2, 0.25) is 0 Å². The summed E-state index contributed by atoms with van der Waals surface area (Å²) in [5.74, 6) is 1.57. The third-order valence-electron chi connectivity index (χ3n) is 7.16. The second-order valence-corrected chi connectivity index (χ2v) is 10.6. The van der Waals surface area contributed by atoms with Crippen LogP contribution in [0.15, 0.2) is 29.2 Å². The van der Waals surface area contributed by atoms with Gasteiger partial charge in [0.1, 0.15) is 5.75 Å². The number of rotatable bonds is 8. The SMILES string of the molecule is COc1ccc(S(=O)(=O)NC[C@H]2[C@@H]3CC(=O)N(CCN4CCOCC4)[C@@H]3C[C@@H]2C)cc1. The molecule has 0 radical (unpaired) electrons. The van der Waals surface area contributed by atoms with Crippen molar-refractivity contribution in [1.82, 2.24) is 14.5 Å². The Morgan fingerprint density at radius 3 is 2.55 bits per heavy atom. The number of methoxy groups -OCH3 is 1. The lowest BCUT2D eigenvalue weighted by Crippen LogP contribution is -2.44. The van der Waals surface area contributed by atoms with Gasteiger partial charge in [-0.25, -0.2) is 13.1 Å². The topological polar surface area (TPSA) is 88.2 Å². The van der Waals surface area contributed by atoms with Gasteiger partial charge in [0.25, 0.3) is 0 Å². The summed E-state index contributed by atoms with van der Waals surface area (Å²) in [6, 6.07) is 6.61. The lowest BCUT2D eigenvalue weighted by molar-refractivity contribution is -0.129. The highest BCUT2D eigenvalue weighted by Crippen LogP contribution is 2.45. The Kier molecular flexibility index (Phi) is 6.86. The molecule has 0 aromatic heterocycles. The highest BCUT2D eigenvalue weighted by atomic mass is 32.2. The summed E-state index contributed by atoms with van der Waals surface area (Å²) in [5, 5.41) is 0. The lowest BCUT2D eigenvalue weighted by atomic mass is 9.89. The van der Waals surface area contributed by atoms with E-state index in [1.54, 1.807) is 31.4 Å². The maximum absolute atomic E-state index is 12.7. The Morgan fingerprint density at radius 1 is 1.16 bits per heavy atom. The Bertz CT molecular complexity index is 870. The molecule has 31 heavy (non-hydrogen) atoms. The number of ether oxygens (including phenoxy) is 2. The number of likely N-dealkylation sites (tertiary alicyclic amines) is 1. The van der Waals surface area contributed by atoms with Crippen LogP contribution in [0.4, 0.5) is 0 Å². The predicted molar refractivity (Wildman–Crippen MR) is 116 cm³/mol. The smallest absolute Gasteiger partial charge is 0.240 e. The molecule has 0 unspecified atom stereocenters. The van der Waals surface area contributed by atoms with Crippen molar-refractivity contribution in [3.8, 4) is 5.75 Å². The minimum atomic E-state index is -3.60. The number of hydrogen-bond donors (Lipinski definition) is 1. The van der Waals surface area contributed by atoms with E-state index in [9.17, 15) is 13.2 Å². The molecule has 4 atom stereocenters. The van der Waals surface area contributed by atoms with E-state index in [-0.39, 0.29) is 28.7 Å². The molecular formula is C22H33N3O5S. The van der Waals surface area contributed by atoms with Crippen molar-refractivity contribution in [1.29, 1.82) is 0 Å². The number of sulfonamides is 1. The summed E-state index contributed by atoms with van der Waals surface area (Å²) < 4.78 is 38.8. The third-order valence-corrected chi connectivity index (χ3v) is 8.60. The van der Waals surface area contributed by atoms with E-state index < -0.39 is 10.0 Å². The van der Waals surface area contributed by atoms with Gasteiger partial charge in [-0.15, -0.1) is 0 Å². The van der Waals surface area contributed by atoms with Crippen molar-refractivity contribution in [2.45, 2.75) is 30.7 Å². The van der Waals surface area contributed by atoms with E-state index in [0.29, 0.717) is 24.6 Å². The summed E-state index contributed by atoms with van der Waals surface area (Å²) in [5.41, 5.74) is 0. The zero-order chi connectivity index (χ0) is 22.0. The first kappa shape index (κ1) is 22.5. The normalized spacial score (nSPS) is 29.4. The molecule has 2 saturated heterocycles. The van der Waals surface area contributed by atoms with Gasteiger partial charge in [0.15, 0.2) is 0 Å². The first-order valence-corrected chi connectivity index (χ1v) is 12.6. The van der Waals surface area contributed by atoms with E-state index in [4.69, 9.17) is 9.47 Å². The standard InChI is InChI=1S/C22H33N3O5S/c1-16-13-21-19(14-22(26)25(21)8-7-24-9-11-30-12-10-24)20(16)15-23-31(27,28)18-5-3-17(29-2)4-6-18/h3-6,16,19-21,23H,7-15H2,1-2H3/t16-,19-,20+,21+/m0/s1. The van der Waals surface area contributed by atoms with Crippen LogP contribution in [0.3, 0.4) is 0 Å². The van der Waals surface area contributed by atoms with E-state index in [2.05, 4.69) is 21.4 Å². The van der Waals surface area contributed by atoms with Gasteiger partial charge >= 0.3 is 0 Å². The number of nitrogens with one attached hydrogen (secondary N) is 1. The molecule has 0 spiro atoms. The molecule has 9 heteroatoms. The van der Waals surface area contributed by atoms with Gasteiger partial charge in [0.05, 0.1) is 25.2 Å². The quantitative estimate of drug-likeness (QED) is 0.639. The highest BCUT2D eigenvalue weighted by Gasteiger charge is 2.50. The van der Waals surface area contributed by atoms with Crippen LogP contribution in [0.5, 0.6) is 5.75 Å². The molecule has 4 rings (SSSR count). The number of nitrogens with zero attached hydrogens (tertiary/aromatic N) is 2. The van der Waals surface area contributed by atoms with Crippen LogP contribution in [0.1, 0.15) is 19.8 Å². The van der Waals surface area contributed by atoms with Crippen molar-refractivity contribution >= 4 is 15.9 Å². The van der Waals surface area contributed by atoms with E-state index in [1.807, 2.05) is 0 Å². The van der Waals surface area contributed by atoms with Gasteiger partial charge in [0, 0.05) is 45.2 Å². The van der Waals surface area contributed by atoms with Gasteiger partial charge < -0.3 is 14.4 Å². The minimum Gasteiger partial charge on any atom is -0.497 e. The van der Waals surface area contributed by atoms with Crippen LogP contribution in [-0.4, -0.2) is 83.2 Å². The highest BCUT2D eigenvalue weighted by molar-refractivity contribution is 7.89. The van der Waals surface area contributed by atoms with Crippen molar-refractivity contribution in [3.63, 3.8) is 0 Å². The number of fused-ring (bicyclic) bond motifs is 1. The van der Waals surface area contributed by atoms with Gasteiger partial charge in [-0.2, -0.15) is 0 Å². The van der Waals surface area contributed by atoms with Crippen LogP contribution >= 0.6 is 0 Å². The van der Waals surface area contributed by atoms with Crippen LogP contribution in [0, 0.1) is 17.8 Å². The maximum atomic E-state index is 12.7. The lowest BCUT2D eigenvalue weighted by Gasteiger charge is -2.31. The van der Waals surface area contributed by atoms with E-state index >= 15 is 0 Å². The van der Waals surface area contributed by atoms with E-state index in [0.717, 1.165) is 45.8 Å². The minimum absolute atomic E-state index is 0.162. The first-order valence-electron chi connectivity index (χ1n) is 11.1. The van der Waals surface area contributed by atoms with Gasteiger partial charge in [0.2, 0.25) is 15.9 Å². The summed E-state index contributed by atoms with van der Waals surface area (Å²) in [4.78, 5) is 17.4. The van der Waals surface area contributed by atoms with Gasteiger partial charge in [-0.1, -0.05) is 6.92 Å². The molecule has 1 aromatic carbocycles. The van der Waals surface area contributed by atoms with Crippen molar-refractivity contribution < 1.29 is 22.7 Å². The predicted octanol–water partition coefficient (Wildman–Crippen LogP) is 1.18. The fourth-order valence-electron chi connectivity index (χ4n) is 5.35. The molecule has 1 aromatic rings. The van der Waals surface area contributed by atoms with Crippen molar-refractivity contribution in [2.24, 2.45) is 17.8 Å². The Morgan fingerprint density at radius 2 is 1.87 bits per heavy atom. The summed E-state index contributed by atoms with van der Waals surface area (Å²) >= 11 is 0. The largest absolute Gasteiger partial charge is 0.497 e. The average molecular weight is 452 g/mol. The molecule has 3 fully saturated rings. The number of amides is 1. The first-order chi connectivity index (χ1) is 14.9. The number of carbonyl (C=O) groups excluding carboxylic acids is 1. The molecular weight excluding hydrogens is 418 g/mol. The molecule has 8 nitrogen and oxygen atoms in total. The molecule has 2 aliphatic heterocycles. The Hall–Kier alpha value is -1.68. The zero-order valence-corrected chi connectivity index (χ0v) is 19.1. The second kappa shape index (κ2) is 9.44. The molecule has 2 heterocycles. The molecule has 0 bridgehead atoms. The molecule has 1 N–H and O–H groups in total. The second-order valence-electron chi connectivity index (χ2n) is 8.88. The van der Waals surface area contributed by atoms with Crippen LogP contribution in [0.25, 0.3) is 0 Å². The van der Waals surface area contributed by atoms with Gasteiger partial charge in [-0.3, -0.25) is 9.69 Å². The monoisotopic (exact) mass is 451 g/mol. The van der Waals surface area contributed by atoms with Crippen molar-refractivity contribution in [3.05, 3.63) is 24.3 Å². The van der Waals surface area contributed by atoms with Crippen molar-refractivity contribution in [2.75, 3.05) is 53.0 Å². The number of benzene rings is 1. The third kappa shape index (κ3) is 4.89. The Balaban J connectivity index is 1.36. The fourth-order valence-corrected chi connectivity index (χ4v) is 6.42. The molecule has 1 aliphatic carbocycles. The number of carbonyl (C=O) groups is 1. The summed E-state index contributed by atoms with van der Waals surface area (Å²) in [6.45, 7) is 7.51. The molecule has 1 amide bonds. The summed E-state index contributed by atoms with van der Waals surface area (Å²) in [6.07, 6.45) is 1.46. The fraction of sp³-hybridized carbons (Fsp3) is 0.682. The molecule has 3 aliphatic rings. The van der Waals surface area contributed by atoms with Crippen LogP contribution < -0.4 is 9.46 Å². The summed E-state index contributed by atoms with van der Waals surface area (Å²) in [7, 11) is -2.05. The number of hydrogen-bond acceptors (Lipinski definition) is 6. The zero-order valence-electron chi connectivity index (χ0n) is 18.3. The number of morpholine rings is 1. The Labute approximate surface area is 184 Å². The van der Waals surface area contributed by atoms with Gasteiger partial charge in [-0.05, 0) is 48.4 Å². The maximum Gasteiger partial charge on any atom is 0.240 e. The molecule has 172 valence electrons. The average Bonchev–Trinajstić information content (AvgIpc) is 3.24. The van der Waals surface area contributed by atoms with Crippen LogP contribution in [-0.2, 0) is 19.6 Å². The molecule has 1 saturated carbocycles.